The first-order chi connectivity index (χ1) is 10.6. The SMILES string of the molecule is O=C(O)CSc1nnc2c(=O)n(-c3ccc(F)cc3)ccn12. The number of carboxylic acid groups (broad SMARTS) is 1. The van der Waals surface area contributed by atoms with Crippen LogP contribution in [0.5, 0.6) is 0 Å². The first kappa shape index (κ1) is 14.3. The van der Waals surface area contributed by atoms with Gasteiger partial charge >= 0.3 is 11.5 Å². The second kappa shape index (κ2) is 5.60. The predicted molar refractivity (Wildman–Crippen MR) is 76.9 cm³/mol. The minimum Gasteiger partial charge on any atom is -0.481 e. The molecule has 0 atom stereocenters. The molecule has 0 aliphatic carbocycles. The molecular formula is C13H9FN4O3S. The molecule has 0 saturated carbocycles. The van der Waals surface area contributed by atoms with Gasteiger partial charge in [-0.3, -0.25) is 18.6 Å². The quantitative estimate of drug-likeness (QED) is 0.727. The number of carboxylic acids is 1. The van der Waals surface area contributed by atoms with Crippen LogP contribution in [-0.4, -0.2) is 36.0 Å². The summed E-state index contributed by atoms with van der Waals surface area (Å²) in [6, 6.07) is 5.46. The van der Waals surface area contributed by atoms with Gasteiger partial charge in [0.2, 0.25) is 5.65 Å². The number of aromatic nitrogens is 4. The second-order valence-corrected chi connectivity index (χ2v) is 5.25. The molecule has 112 valence electrons. The van der Waals surface area contributed by atoms with Gasteiger partial charge in [-0.25, -0.2) is 4.39 Å². The van der Waals surface area contributed by atoms with Crippen molar-refractivity contribution in [2.24, 2.45) is 0 Å². The number of aliphatic carboxylic acids is 1. The van der Waals surface area contributed by atoms with Gasteiger partial charge in [-0.05, 0) is 24.3 Å². The van der Waals surface area contributed by atoms with Gasteiger partial charge in [0.1, 0.15) is 5.82 Å². The molecule has 0 saturated heterocycles. The van der Waals surface area contributed by atoms with E-state index in [2.05, 4.69) is 10.2 Å². The van der Waals surface area contributed by atoms with Gasteiger partial charge in [0.05, 0.1) is 5.75 Å². The van der Waals surface area contributed by atoms with Crippen LogP contribution in [0.4, 0.5) is 4.39 Å². The van der Waals surface area contributed by atoms with Crippen molar-refractivity contribution in [1.82, 2.24) is 19.2 Å². The Morgan fingerprint density at radius 3 is 2.64 bits per heavy atom. The molecule has 3 rings (SSSR count). The number of nitrogens with zero attached hydrogens (tertiary/aromatic N) is 4. The van der Waals surface area contributed by atoms with Crippen LogP contribution >= 0.6 is 11.8 Å². The maximum Gasteiger partial charge on any atom is 0.313 e. The Balaban J connectivity index is 2.05. The number of fused-ring (bicyclic) bond motifs is 1. The van der Waals surface area contributed by atoms with Crippen LogP contribution in [0.1, 0.15) is 0 Å². The molecule has 3 aromatic rings. The summed E-state index contributed by atoms with van der Waals surface area (Å²) in [5, 5.41) is 16.6. The number of benzene rings is 1. The minimum absolute atomic E-state index is 0.0692. The molecule has 2 heterocycles. The molecule has 2 aromatic heterocycles. The van der Waals surface area contributed by atoms with Crippen molar-refractivity contribution in [3.8, 4) is 5.69 Å². The lowest BCUT2D eigenvalue weighted by atomic mass is 10.3. The highest BCUT2D eigenvalue weighted by Crippen LogP contribution is 2.15. The van der Waals surface area contributed by atoms with E-state index in [4.69, 9.17) is 5.11 Å². The molecule has 0 unspecified atom stereocenters. The zero-order valence-electron chi connectivity index (χ0n) is 11.0. The monoisotopic (exact) mass is 320 g/mol. The van der Waals surface area contributed by atoms with Gasteiger partial charge in [0, 0.05) is 18.1 Å². The fourth-order valence-electron chi connectivity index (χ4n) is 1.90. The van der Waals surface area contributed by atoms with E-state index in [-0.39, 0.29) is 11.4 Å². The van der Waals surface area contributed by atoms with Crippen LogP contribution in [0, 0.1) is 5.82 Å². The Morgan fingerprint density at radius 1 is 1.23 bits per heavy atom. The van der Waals surface area contributed by atoms with Crippen LogP contribution in [0.3, 0.4) is 0 Å². The Hall–Kier alpha value is -2.68. The van der Waals surface area contributed by atoms with Gasteiger partial charge in [-0.1, -0.05) is 11.8 Å². The normalized spacial score (nSPS) is 11.0. The molecule has 7 nitrogen and oxygen atoms in total. The van der Waals surface area contributed by atoms with Gasteiger partial charge < -0.3 is 5.11 Å². The summed E-state index contributed by atoms with van der Waals surface area (Å²) < 4.78 is 15.7. The first-order valence-corrected chi connectivity index (χ1v) is 7.12. The van der Waals surface area contributed by atoms with Gasteiger partial charge in [0.25, 0.3) is 0 Å². The highest BCUT2D eigenvalue weighted by Gasteiger charge is 2.13. The van der Waals surface area contributed by atoms with Gasteiger partial charge in [-0.15, -0.1) is 10.2 Å². The Kier molecular flexibility index (Phi) is 3.63. The highest BCUT2D eigenvalue weighted by molar-refractivity contribution is 7.99. The largest absolute Gasteiger partial charge is 0.481 e. The summed E-state index contributed by atoms with van der Waals surface area (Å²) in [6.07, 6.45) is 3.06. The van der Waals surface area contributed by atoms with E-state index in [9.17, 15) is 14.0 Å². The van der Waals surface area contributed by atoms with Gasteiger partial charge in [0.15, 0.2) is 5.16 Å². The number of rotatable bonds is 4. The number of thioether (sulfide) groups is 1. The molecule has 0 fully saturated rings. The number of hydrogen-bond acceptors (Lipinski definition) is 5. The lowest BCUT2D eigenvalue weighted by Gasteiger charge is -2.06. The molecule has 1 N–H and O–H groups in total. The van der Waals surface area contributed by atoms with Crippen LogP contribution in [0.25, 0.3) is 11.3 Å². The van der Waals surface area contributed by atoms with E-state index >= 15 is 0 Å². The topological polar surface area (TPSA) is 89.5 Å². The van der Waals surface area contributed by atoms with Crippen molar-refractivity contribution >= 4 is 23.4 Å². The van der Waals surface area contributed by atoms with Crippen LogP contribution in [-0.2, 0) is 4.79 Å². The van der Waals surface area contributed by atoms with E-state index in [1.165, 1.54) is 39.4 Å². The Bertz CT molecular complexity index is 904. The van der Waals surface area contributed by atoms with Gasteiger partial charge in [-0.2, -0.15) is 0 Å². The molecule has 22 heavy (non-hydrogen) atoms. The molecular weight excluding hydrogens is 311 g/mol. The maximum atomic E-state index is 12.9. The van der Waals surface area contributed by atoms with Crippen LogP contribution < -0.4 is 5.56 Å². The number of carbonyl (C=O) groups is 1. The minimum atomic E-state index is -0.985. The van der Waals surface area contributed by atoms with E-state index < -0.39 is 17.3 Å². The van der Waals surface area contributed by atoms with Crippen LogP contribution in [0.2, 0.25) is 0 Å². The third kappa shape index (κ3) is 2.58. The second-order valence-electron chi connectivity index (χ2n) is 4.31. The Labute approximate surface area is 127 Å². The number of hydrogen-bond donors (Lipinski definition) is 1. The average Bonchev–Trinajstić information content (AvgIpc) is 2.91. The number of halogens is 1. The lowest BCUT2D eigenvalue weighted by Crippen LogP contribution is -2.20. The summed E-state index contributed by atoms with van der Waals surface area (Å²) in [5.41, 5.74) is 0.139. The van der Waals surface area contributed by atoms with Crippen molar-refractivity contribution < 1.29 is 14.3 Å². The third-order valence-electron chi connectivity index (χ3n) is 2.87. The summed E-state index contributed by atoms with van der Waals surface area (Å²) in [7, 11) is 0. The zero-order chi connectivity index (χ0) is 15.7. The predicted octanol–water partition coefficient (Wildman–Crippen LogP) is 1.20. The van der Waals surface area contributed by atoms with Crippen molar-refractivity contribution in [1.29, 1.82) is 0 Å². The zero-order valence-corrected chi connectivity index (χ0v) is 11.8. The summed E-state index contributed by atoms with van der Waals surface area (Å²) in [6.45, 7) is 0. The molecule has 1 aromatic carbocycles. The van der Waals surface area contributed by atoms with E-state index in [1.807, 2.05) is 0 Å². The summed E-state index contributed by atoms with van der Waals surface area (Å²) in [4.78, 5) is 23.0. The molecule has 0 amide bonds. The maximum absolute atomic E-state index is 12.9. The summed E-state index contributed by atoms with van der Waals surface area (Å²) >= 11 is 0.969. The van der Waals surface area contributed by atoms with Crippen molar-refractivity contribution in [3.63, 3.8) is 0 Å². The fourth-order valence-corrected chi connectivity index (χ4v) is 2.53. The first-order valence-electron chi connectivity index (χ1n) is 6.13. The lowest BCUT2D eigenvalue weighted by molar-refractivity contribution is -0.133. The highest BCUT2D eigenvalue weighted by atomic mass is 32.2. The fraction of sp³-hybridized carbons (Fsp3) is 0.0769. The van der Waals surface area contributed by atoms with Crippen LogP contribution in [0.15, 0.2) is 46.6 Å². The molecule has 0 aliphatic rings. The van der Waals surface area contributed by atoms with E-state index in [1.54, 1.807) is 6.20 Å². The van der Waals surface area contributed by atoms with E-state index in [0.717, 1.165) is 11.8 Å². The van der Waals surface area contributed by atoms with Crippen molar-refractivity contribution in [2.75, 3.05) is 5.75 Å². The molecule has 0 aliphatic heterocycles. The molecule has 0 radical (unpaired) electrons. The van der Waals surface area contributed by atoms with Crippen molar-refractivity contribution in [2.45, 2.75) is 5.16 Å². The molecule has 9 heteroatoms. The summed E-state index contributed by atoms with van der Waals surface area (Å²) in [5.74, 6) is -1.56. The standard InChI is InChI=1S/C13H9FN4O3S/c14-8-1-3-9(4-2-8)17-5-6-18-11(12(17)21)15-16-13(18)22-7-10(19)20/h1-6H,7H2,(H,19,20). The van der Waals surface area contributed by atoms with Crippen molar-refractivity contribution in [3.05, 3.63) is 52.8 Å². The average molecular weight is 320 g/mol. The smallest absolute Gasteiger partial charge is 0.313 e. The Morgan fingerprint density at radius 2 is 1.95 bits per heavy atom. The van der Waals surface area contributed by atoms with E-state index in [0.29, 0.717) is 10.8 Å². The molecule has 0 spiro atoms. The third-order valence-corrected chi connectivity index (χ3v) is 3.80. The molecule has 0 bridgehead atoms.